The van der Waals surface area contributed by atoms with Crippen molar-refractivity contribution in [3.8, 4) is 0 Å². The number of carbonyl (C=O) groups is 1. The van der Waals surface area contributed by atoms with Crippen LogP contribution in [0.2, 0.25) is 0 Å². The molecule has 4 N–H and O–H groups in total. The summed E-state index contributed by atoms with van der Waals surface area (Å²) in [6.07, 6.45) is -4.78. The van der Waals surface area contributed by atoms with E-state index in [-0.39, 0.29) is 5.82 Å². The van der Waals surface area contributed by atoms with Crippen LogP contribution in [0, 0.1) is 0 Å². The molecular formula is C9H11Cl3N4O6S. The number of nitrogens with two attached hydrogens (primary N) is 1. The number of aromatic nitrogens is 3. The van der Waals surface area contributed by atoms with Crippen LogP contribution in [0.5, 0.6) is 0 Å². The smallest absolute Gasteiger partial charge is 0.292 e. The Bertz CT molecular complexity index is 704. The predicted molar refractivity (Wildman–Crippen MR) is 78.5 cm³/mol. The van der Waals surface area contributed by atoms with Crippen molar-refractivity contribution < 1.29 is 28.2 Å². The normalized spacial score (nSPS) is 28.9. The number of primary amides is 1. The second kappa shape index (κ2) is 6.31. The van der Waals surface area contributed by atoms with E-state index in [4.69, 9.17) is 45.3 Å². The van der Waals surface area contributed by atoms with Gasteiger partial charge in [0, 0.05) is 0 Å². The molecular weight excluding hydrogens is 399 g/mol. The van der Waals surface area contributed by atoms with E-state index in [9.17, 15) is 23.4 Å². The maximum Gasteiger partial charge on any atom is 0.292 e. The van der Waals surface area contributed by atoms with E-state index in [1.54, 1.807) is 0 Å². The van der Waals surface area contributed by atoms with Gasteiger partial charge in [0.2, 0.25) is 15.7 Å². The highest BCUT2D eigenvalue weighted by atomic mass is 35.6. The van der Waals surface area contributed by atoms with Crippen molar-refractivity contribution in [3.05, 3.63) is 12.2 Å². The topological polar surface area (TPSA) is 158 Å². The third-order valence-corrected chi connectivity index (χ3v) is 6.65. The molecule has 1 amide bonds. The molecule has 2 rings (SSSR count). The number of halogens is 3. The third-order valence-electron chi connectivity index (χ3n) is 3.06. The standard InChI is InChI=1S/C9H11Cl3N4O6S/c10-9(11,12)23(20,21)1-3-4(17)5(18)8(22-3)16-2-14-7(15-16)6(13)19/h2-5,8,17-18H,1H2,(H2,13,19)/t3-,4-,5-,8?/m1/s1. The van der Waals surface area contributed by atoms with E-state index in [0.717, 1.165) is 11.0 Å². The van der Waals surface area contributed by atoms with E-state index >= 15 is 0 Å². The predicted octanol–water partition coefficient (Wildman–Crippen LogP) is -1.26. The minimum atomic E-state index is -4.27. The number of ether oxygens (including phenoxy) is 1. The first-order valence-electron chi connectivity index (χ1n) is 5.95. The highest BCUT2D eigenvalue weighted by molar-refractivity contribution is 7.97. The first kappa shape index (κ1) is 18.6. The molecule has 0 aliphatic carbocycles. The summed E-state index contributed by atoms with van der Waals surface area (Å²) in [5.74, 6) is -2.10. The number of sulfone groups is 1. The summed E-state index contributed by atoms with van der Waals surface area (Å²) in [6.45, 7) is 0. The molecule has 1 fully saturated rings. The van der Waals surface area contributed by atoms with Crippen LogP contribution in [-0.4, -0.2) is 66.5 Å². The molecule has 2 heterocycles. The second-order valence-corrected chi connectivity index (χ2v) is 9.81. The van der Waals surface area contributed by atoms with Crippen molar-refractivity contribution in [2.45, 2.75) is 27.7 Å². The lowest BCUT2D eigenvalue weighted by Gasteiger charge is -2.18. The van der Waals surface area contributed by atoms with Gasteiger partial charge in [-0.05, 0) is 0 Å². The first-order valence-corrected chi connectivity index (χ1v) is 8.74. The average Bonchev–Trinajstić information content (AvgIpc) is 2.98. The summed E-state index contributed by atoms with van der Waals surface area (Å²) in [5.41, 5.74) is 4.99. The summed E-state index contributed by atoms with van der Waals surface area (Å²) < 4.78 is 27.2. The first-order chi connectivity index (χ1) is 10.4. The van der Waals surface area contributed by atoms with Crippen LogP contribution in [0.1, 0.15) is 16.8 Å². The molecule has 130 valence electrons. The molecule has 1 aliphatic heterocycles. The van der Waals surface area contributed by atoms with Crippen LogP contribution < -0.4 is 5.73 Å². The molecule has 1 aromatic heterocycles. The largest absolute Gasteiger partial charge is 0.387 e. The van der Waals surface area contributed by atoms with Crippen molar-refractivity contribution in [2.75, 3.05) is 5.75 Å². The highest BCUT2D eigenvalue weighted by Gasteiger charge is 2.49. The fraction of sp³-hybridized carbons (Fsp3) is 0.667. The van der Waals surface area contributed by atoms with Crippen molar-refractivity contribution in [2.24, 2.45) is 5.73 Å². The number of alkyl halides is 3. The molecule has 0 bridgehead atoms. The van der Waals surface area contributed by atoms with E-state index in [2.05, 4.69) is 10.1 Å². The van der Waals surface area contributed by atoms with Crippen LogP contribution in [0.15, 0.2) is 6.33 Å². The lowest BCUT2D eigenvalue weighted by molar-refractivity contribution is -0.0392. The van der Waals surface area contributed by atoms with E-state index in [0.29, 0.717) is 0 Å². The Labute approximate surface area is 145 Å². The molecule has 23 heavy (non-hydrogen) atoms. The zero-order chi connectivity index (χ0) is 17.6. The zero-order valence-corrected chi connectivity index (χ0v) is 14.2. The van der Waals surface area contributed by atoms with Crippen molar-refractivity contribution >= 4 is 50.5 Å². The van der Waals surface area contributed by atoms with E-state index < -0.39 is 49.2 Å². The minimum absolute atomic E-state index is 0.340. The molecule has 1 saturated heterocycles. The number of aliphatic hydroxyl groups is 2. The summed E-state index contributed by atoms with van der Waals surface area (Å²) >= 11 is 16.0. The maximum absolute atomic E-state index is 11.8. The van der Waals surface area contributed by atoms with Crippen molar-refractivity contribution in [1.82, 2.24) is 14.8 Å². The number of hydrogen-bond donors (Lipinski definition) is 3. The fourth-order valence-corrected chi connectivity index (χ4v) is 3.37. The van der Waals surface area contributed by atoms with Gasteiger partial charge in [-0.1, -0.05) is 34.8 Å². The van der Waals surface area contributed by atoms with Gasteiger partial charge >= 0.3 is 0 Å². The van der Waals surface area contributed by atoms with Gasteiger partial charge in [0.1, 0.15) is 24.6 Å². The monoisotopic (exact) mass is 408 g/mol. The summed E-state index contributed by atoms with van der Waals surface area (Å²) in [7, 11) is -4.27. The van der Waals surface area contributed by atoms with Gasteiger partial charge in [0.15, 0.2) is 6.23 Å². The Kier molecular flexibility index (Phi) is 5.12. The quantitative estimate of drug-likeness (QED) is 0.520. The second-order valence-electron chi connectivity index (χ2n) is 4.69. The summed E-state index contributed by atoms with van der Waals surface area (Å²) in [4.78, 5) is 14.5. The lowest BCUT2D eigenvalue weighted by atomic mass is 10.1. The molecule has 0 spiro atoms. The number of rotatable bonds is 4. The average molecular weight is 410 g/mol. The Morgan fingerprint density at radius 1 is 1.39 bits per heavy atom. The van der Waals surface area contributed by atoms with E-state index in [1.165, 1.54) is 0 Å². The van der Waals surface area contributed by atoms with Crippen LogP contribution in [0.4, 0.5) is 0 Å². The van der Waals surface area contributed by atoms with Crippen LogP contribution in [0.25, 0.3) is 0 Å². The number of carbonyl (C=O) groups excluding carboxylic acids is 1. The maximum atomic E-state index is 11.8. The Morgan fingerprint density at radius 3 is 2.48 bits per heavy atom. The van der Waals surface area contributed by atoms with Gasteiger partial charge in [-0.3, -0.25) is 4.79 Å². The number of nitrogens with zero attached hydrogens (tertiary/aromatic N) is 3. The Balaban J connectivity index is 2.19. The molecule has 0 saturated carbocycles. The van der Waals surface area contributed by atoms with Crippen molar-refractivity contribution in [1.29, 1.82) is 0 Å². The highest BCUT2D eigenvalue weighted by Crippen LogP contribution is 2.37. The number of amides is 1. The van der Waals surface area contributed by atoms with Gasteiger partial charge in [-0.25, -0.2) is 18.1 Å². The van der Waals surface area contributed by atoms with Crippen LogP contribution in [-0.2, 0) is 14.6 Å². The van der Waals surface area contributed by atoms with E-state index in [1.807, 2.05) is 0 Å². The van der Waals surface area contributed by atoms with Crippen molar-refractivity contribution in [3.63, 3.8) is 0 Å². The van der Waals surface area contributed by atoms with Gasteiger partial charge in [0.05, 0.1) is 5.75 Å². The number of aliphatic hydroxyl groups excluding tert-OH is 2. The molecule has 10 nitrogen and oxygen atoms in total. The van der Waals surface area contributed by atoms with Crippen LogP contribution in [0.3, 0.4) is 0 Å². The fourth-order valence-electron chi connectivity index (χ4n) is 1.91. The lowest BCUT2D eigenvalue weighted by Crippen LogP contribution is -2.38. The van der Waals surface area contributed by atoms with Gasteiger partial charge in [-0.2, -0.15) is 0 Å². The number of hydrogen-bond acceptors (Lipinski definition) is 8. The molecule has 4 atom stereocenters. The SMILES string of the molecule is NC(=O)c1ncn(C2O[C@H](CS(=O)(=O)C(Cl)(Cl)Cl)[C@@H](O)[C@H]2O)n1. The van der Waals surface area contributed by atoms with Crippen LogP contribution >= 0.6 is 34.8 Å². The Hall–Kier alpha value is -0.690. The molecule has 0 radical (unpaired) electrons. The minimum Gasteiger partial charge on any atom is -0.387 e. The Morgan fingerprint density at radius 2 is 2.00 bits per heavy atom. The molecule has 1 unspecified atom stereocenters. The van der Waals surface area contributed by atoms with Gasteiger partial charge in [0.25, 0.3) is 9.03 Å². The zero-order valence-electron chi connectivity index (χ0n) is 11.1. The van der Waals surface area contributed by atoms with Gasteiger partial charge < -0.3 is 20.7 Å². The molecule has 0 aromatic carbocycles. The summed E-state index contributed by atoms with van der Waals surface area (Å²) in [5, 5.41) is 23.5. The summed E-state index contributed by atoms with van der Waals surface area (Å²) in [6, 6.07) is 0. The third kappa shape index (κ3) is 3.71. The molecule has 1 aliphatic rings. The molecule has 14 heteroatoms. The molecule has 1 aromatic rings. The van der Waals surface area contributed by atoms with Gasteiger partial charge in [-0.15, -0.1) is 5.10 Å².